The van der Waals surface area contributed by atoms with Crippen LogP contribution in [-0.2, 0) is 16.8 Å². The first-order valence-corrected chi connectivity index (χ1v) is 8.33. The highest BCUT2D eigenvalue weighted by Gasteiger charge is 2.44. The molecule has 2 nitrogen and oxygen atoms in total. The zero-order chi connectivity index (χ0) is 15.0. The van der Waals surface area contributed by atoms with Gasteiger partial charge in [0.25, 0.3) is 0 Å². The molecule has 1 saturated heterocycles. The number of nitrogens with one attached hydrogen (secondary N) is 1. The molecular formula is C20H23NO. The normalized spacial score (nSPS) is 22.7. The van der Waals surface area contributed by atoms with E-state index in [2.05, 4.69) is 60.8 Å². The molecule has 0 bridgehead atoms. The maximum atomic E-state index is 6.50. The van der Waals surface area contributed by atoms with Gasteiger partial charge in [0.1, 0.15) is 0 Å². The third-order valence-corrected chi connectivity index (χ3v) is 5.14. The van der Waals surface area contributed by atoms with Gasteiger partial charge in [0.05, 0.1) is 11.7 Å². The topological polar surface area (TPSA) is 21.3 Å². The molecule has 0 unspecified atom stereocenters. The standard InChI is InChI=1S/C20H23NO/c1-15-19-17(14-16-6-3-2-4-7-16)8-5-9-18(19)20(22-15)10-12-21-13-11-20/h2-9,15,21H,10-14H2,1H3/t15-/m1/s1. The van der Waals surface area contributed by atoms with Crippen LogP contribution in [0.1, 0.15) is 48.1 Å². The summed E-state index contributed by atoms with van der Waals surface area (Å²) >= 11 is 0. The molecule has 114 valence electrons. The molecule has 0 aromatic heterocycles. The quantitative estimate of drug-likeness (QED) is 0.905. The number of benzene rings is 2. The molecule has 1 fully saturated rings. The second-order valence-electron chi connectivity index (χ2n) is 6.55. The summed E-state index contributed by atoms with van der Waals surface area (Å²) in [5.74, 6) is 0. The molecule has 0 aliphatic carbocycles. The Morgan fingerprint density at radius 2 is 1.82 bits per heavy atom. The summed E-state index contributed by atoms with van der Waals surface area (Å²) in [5.41, 5.74) is 5.62. The largest absolute Gasteiger partial charge is 0.363 e. The van der Waals surface area contributed by atoms with Gasteiger partial charge in [-0.3, -0.25) is 0 Å². The van der Waals surface area contributed by atoms with E-state index in [0.29, 0.717) is 0 Å². The Kier molecular flexibility index (Phi) is 3.51. The zero-order valence-electron chi connectivity index (χ0n) is 13.1. The number of piperidine rings is 1. The maximum absolute atomic E-state index is 6.50. The van der Waals surface area contributed by atoms with Gasteiger partial charge in [-0.1, -0.05) is 48.5 Å². The SMILES string of the molecule is C[C@H]1OC2(CCNCC2)c2cccc(Cc3ccccc3)c21. The van der Waals surface area contributed by atoms with E-state index in [4.69, 9.17) is 4.74 Å². The Balaban J connectivity index is 1.74. The van der Waals surface area contributed by atoms with Crippen LogP contribution in [-0.4, -0.2) is 13.1 Å². The summed E-state index contributed by atoms with van der Waals surface area (Å²) in [5, 5.41) is 3.46. The van der Waals surface area contributed by atoms with Gasteiger partial charge in [0.2, 0.25) is 0 Å². The second-order valence-corrected chi connectivity index (χ2v) is 6.55. The summed E-state index contributed by atoms with van der Waals surface area (Å²) in [4.78, 5) is 0. The van der Waals surface area contributed by atoms with Crippen molar-refractivity contribution in [1.82, 2.24) is 5.32 Å². The van der Waals surface area contributed by atoms with E-state index in [1.807, 2.05) is 0 Å². The third kappa shape index (κ3) is 2.27. The lowest BCUT2D eigenvalue weighted by atomic mass is 9.82. The third-order valence-electron chi connectivity index (χ3n) is 5.14. The van der Waals surface area contributed by atoms with Crippen LogP contribution in [0.15, 0.2) is 48.5 Å². The van der Waals surface area contributed by atoms with Gasteiger partial charge in [0, 0.05) is 0 Å². The number of ether oxygens (including phenoxy) is 1. The predicted octanol–water partition coefficient (Wildman–Crippen LogP) is 3.95. The second kappa shape index (κ2) is 5.53. The molecule has 4 rings (SSSR count). The Labute approximate surface area is 132 Å². The van der Waals surface area contributed by atoms with Crippen molar-refractivity contribution >= 4 is 0 Å². The molecule has 1 atom stereocenters. The van der Waals surface area contributed by atoms with Gasteiger partial charge in [-0.15, -0.1) is 0 Å². The summed E-state index contributed by atoms with van der Waals surface area (Å²) in [6.07, 6.45) is 3.36. The smallest absolute Gasteiger partial charge is 0.0967 e. The Bertz CT molecular complexity index is 659. The van der Waals surface area contributed by atoms with E-state index in [0.717, 1.165) is 32.4 Å². The van der Waals surface area contributed by atoms with Crippen LogP contribution in [0.25, 0.3) is 0 Å². The zero-order valence-corrected chi connectivity index (χ0v) is 13.1. The Hall–Kier alpha value is -1.64. The van der Waals surface area contributed by atoms with Crippen LogP contribution < -0.4 is 5.32 Å². The first-order valence-electron chi connectivity index (χ1n) is 8.33. The van der Waals surface area contributed by atoms with Crippen molar-refractivity contribution < 1.29 is 4.74 Å². The van der Waals surface area contributed by atoms with Crippen molar-refractivity contribution in [1.29, 1.82) is 0 Å². The van der Waals surface area contributed by atoms with Gasteiger partial charge in [0.15, 0.2) is 0 Å². The van der Waals surface area contributed by atoms with Crippen LogP contribution in [0.2, 0.25) is 0 Å². The fourth-order valence-corrected chi connectivity index (χ4v) is 4.14. The highest BCUT2D eigenvalue weighted by atomic mass is 16.5. The Morgan fingerprint density at radius 1 is 1.05 bits per heavy atom. The maximum Gasteiger partial charge on any atom is 0.0967 e. The van der Waals surface area contributed by atoms with Crippen LogP contribution in [0.5, 0.6) is 0 Å². The fraction of sp³-hybridized carbons (Fsp3) is 0.400. The van der Waals surface area contributed by atoms with Crippen LogP contribution in [0.4, 0.5) is 0 Å². The monoisotopic (exact) mass is 293 g/mol. The van der Waals surface area contributed by atoms with Crippen LogP contribution >= 0.6 is 0 Å². The summed E-state index contributed by atoms with van der Waals surface area (Å²) < 4.78 is 6.50. The summed E-state index contributed by atoms with van der Waals surface area (Å²) in [6.45, 7) is 4.31. The molecule has 1 N–H and O–H groups in total. The molecule has 2 heteroatoms. The molecular weight excluding hydrogens is 270 g/mol. The van der Waals surface area contributed by atoms with E-state index in [-0.39, 0.29) is 11.7 Å². The van der Waals surface area contributed by atoms with Gasteiger partial charge < -0.3 is 10.1 Å². The average Bonchev–Trinajstić information content (AvgIpc) is 2.82. The van der Waals surface area contributed by atoms with Crippen molar-refractivity contribution in [3.8, 4) is 0 Å². The molecule has 2 aromatic rings. The molecule has 2 aliphatic heterocycles. The molecule has 0 amide bonds. The molecule has 2 aliphatic rings. The van der Waals surface area contributed by atoms with Crippen molar-refractivity contribution in [3.05, 3.63) is 70.8 Å². The number of hydrogen-bond donors (Lipinski definition) is 1. The lowest BCUT2D eigenvalue weighted by Gasteiger charge is -2.34. The van der Waals surface area contributed by atoms with E-state index in [1.54, 1.807) is 0 Å². The molecule has 1 spiro atoms. The van der Waals surface area contributed by atoms with Crippen molar-refractivity contribution in [2.45, 2.75) is 37.9 Å². The highest BCUT2D eigenvalue weighted by Crippen LogP contribution is 2.49. The summed E-state index contributed by atoms with van der Waals surface area (Å²) in [7, 11) is 0. The van der Waals surface area contributed by atoms with E-state index in [9.17, 15) is 0 Å². The van der Waals surface area contributed by atoms with Crippen molar-refractivity contribution in [2.24, 2.45) is 0 Å². The van der Waals surface area contributed by atoms with E-state index < -0.39 is 0 Å². The minimum absolute atomic E-state index is 0.0489. The number of fused-ring (bicyclic) bond motifs is 2. The molecule has 22 heavy (non-hydrogen) atoms. The predicted molar refractivity (Wildman–Crippen MR) is 89.0 cm³/mol. The fourth-order valence-electron chi connectivity index (χ4n) is 4.14. The van der Waals surface area contributed by atoms with E-state index in [1.165, 1.54) is 22.3 Å². The lowest BCUT2D eigenvalue weighted by Crippen LogP contribution is -2.39. The lowest BCUT2D eigenvalue weighted by molar-refractivity contribution is -0.0875. The first kappa shape index (κ1) is 14.0. The van der Waals surface area contributed by atoms with Crippen molar-refractivity contribution in [3.63, 3.8) is 0 Å². The Morgan fingerprint density at radius 3 is 2.59 bits per heavy atom. The van der Waals surface area contributed by atoms with Crippen molar-refractivity contribution in [2.75, 3.05) is 13.1 Å². The molecule has 0 radical (unpaired) electrons. The molecule has 2 heterocycles. The van der Waals surface area contributed by atoms with Crippen LogP contribution in [0.3, 0.4) is 0 Å². The van der Waals surface area contributed by atoms with Gasteiger partial charge in [-0.05, 0) is 61.5 Å². The summed E-state index contributed by atoms with van der Waals surface area (Å²) in [6, 6.07) is 17.5. The highest BCUT2D eigenvalue weighted by molar-refractivity contribution is 5.45. The minimum Gasteiger partial charge on any atom is -0.363 e. The first-order chi connectivity index (χ1) is 10.8. The minimum atomic E-state index is -0.0489. The van der Waals surface area contributed by atoms with Crippen LogP contribution in [0, 0.1) is 0 Å². The number of rotatable bonds is 2. The van der Waals surface area contributed by atoms with E-state index >= 15 is 0 Å². The molecule has 0 saturated carbocycles. The number of hydrogen-bond acceptors (Lipinski definition) is 2. The van der Waals surface area contributed by atoms with Gasteiger partial charge in [-0.25, -0.2) is 0 Å². The van der Waals surface area contributed by atoms with Gasteiger partial charge in [-0.2, -0.15) is 0 Å². The average molecular weight is 293 g/mol. The van der Waals surface area contributed by atoms with Gasteiger partial charge >= 0.3 is 0 Å². The molecule has 2 aromatic carbocycles.